The quantitative estimate of drug-likeness (QED) is 0.684. The van der Waals surface area contributed by atoms with Gasteiger partial charge in [0.25, 0.3) is 0 Å². The molecule has 2 fully saturated rings. The minimum Gasteiger partial charge on any atom is -0.368 e. The monoisotopic (exact) mass is 440 g/mol. The van der Waals surface area contributed by atoms with Gasteiger partial charge in [0.2, 0.25) is 0 Å². The van der Waals surface area contributed by atoms with Gasteiger partial charge in [0, 0.05) is 12.3 Å². The average molecular weight is 440 g/mol. The van der Waals surface area contributed by atoms with Crippen LogP contribution >= 0.6 is 46.0 Å². The Morgan fingerprint density at radius 3 is 2.80 bits per heavy atom. The molecule has 15 heavy (non-hydrogen) atoms. The lowest BCUT2D eigenvalue weighted by atomic mass is 9.85. The second-order valence-electron chi connectivity index (χ2n) is 4.25. The first-order valence-corrected chi connectivity index (χ1v) is 6.83. The smallest absolute Gasteiger partial charge is 0.154 e. The van der Waals surface area contributed by atoms with Crippen LogP contribution in [0.5, 0.6) is 0 Å². The van der Waals surface area contributed by atoms with Crippen LogP contribution in [0, 0.1) is 17.8 Å². The van der Waals surface area contributed by atoms with E-state index in [2.05, 4.69) is 0 Å². The van der Waals surface area contributed by atoms with E-state index in [1.807, 2.05) is 46.0 Å². The van der Waals surface area contributed by atoms with E-state index in [0.717, 1.165) is 6.42 Å². The molecule has 6 heteroatoms. The Hall–Kier alpha value is 1.30. The molecule has 0 aromatic carbocycles. The van der Waals surface area contributed by atoms with E-state index in [0.29, 0.717) is 37.4 Å². The standard InChI is InChI=1S/C9H14I2O4/c10-14-4-7-6-2-9(12)13-3-5(6)1-8(7)15-11/h5-9,12H,1-4H2/t5-,6+,7-,8-,9?/m1/s1. The maximum Gasteiger partial charge on any atom is 0.154 e. The predicted octanol–water partition coefficient (Wildman–Crippen LogP) is 2.08. The lowest BCUT2D eigenvalue weighted by Crippen LogP contribution is -2.34. The van der Waals surface area contributed by atoms with Gasteiger partial charge in [0.15, 0.2) is 6.29 Å². The van der Waals surface area contributed by atoms with Gasteiger partial charge in [-0.05, 0) is 18.3 Å². The summed E-state index contributed by atoms with van der Waals surface area (Å²) in [5.41, 5.74) is 0. The molecule has 0 aromatic rings. The number of fused-ring (bicyclic) bond motifs is 1. The van der Waals surface area contributed by atoms with Crippen LogP contribution in [-0.2, 0) is 10.9 Å². The third kappa shape index (κ3) is 2.76. The van der Waals surface area contributed by atoms with E-state index in [-0.39, 0.29) is 6.10 Å². The van der Waals surface area contributed by atoms with Gasteiger partial charge in [-0.3, -0.25) is 0 Å². The third-order valence-electron chi connectivity index (χ3n) is 3.51. The molecule has 4 nitrogen and oxygen atoms in total. The normalized spacial score (nSPS) is 45.4. The number of hydrogen-bond acceptors (Lipinski definition) is 4. The van der Waals surface area contributed by atoms with E-state index in [4.69, 9.17) is 10.9 Å². The number of rotatable bonds is 3. The lowest BCUT2D eigenvalue weighted by molar-refractivity contribution is -0.158. The Balaban J connectivity index is 2.04. The van der Waals surface area contributed by atoms with Gasteiger partial charge in [-0.2, -0.15) is 0 Å². The number of aliphatic hydroxyl groups is 1. The molecule has 2 aliphatic rings. The van der Waals surface area contributed by atoms with Crippen LogP contribution in [0.15, 0.2) is 0 Å². The van der Waals surface area contributed by atoms with Crippen molar-refractivity contribution in [2.75, 3.05) is 13.2 Å². The van der Waals surface area contributed by atoms with Crippen LogP contribution in [0.1, 0.15) is 12.8 Å². The van der Waals surface area contributed by atoms with Crippen molar-refractivity contribution in [3.05, 3.63) is 0 Å². The SMILES string of the molecule is OC1C[C@H]2[C@@H](CO1)C[C@@H](OI)[C@@H]2COI. The molecule has 0 bridgehead atoms. The summed E-state index contributed by atoms with van der Waals surface area (Å²) in [6.45, 7) is 1.35. The largest absolute Gasteiger partial charge is 0.368 e. The van der Waals surface area contributed by atoms with E-state index in [1.165, 1.54) is 0 Å². The molecule has 1 saturated heterocycles. The second-order valence-corrected chi connectivity index (χ2v) is 5.38. The Labute approximate surface area is 117 Å². The Morgan fingerprint density at radius 1 is 1.33 bits per heavy atom. The highest BCUT2D eigenvalue weighted by Gasteiger charge is 2.46. The summed E-state index contributed by atoms with van der Waals surface area (Å²) < 4.78 is 15.9. The highest BCUT2D eigenvalue weighted by atomic mass is 127. The Morgan fingerprint density at radius 2 is 2.13 bits per heavy atom. The van der Waals surface area contributed by atoms with E-state index >= 15 is 0 Å². The predicted molar refractivity (Wildman–Crippen MR) is 70.5 cm³/mol. The first-order chi connectivity index (χ1) is 7.26. The molecular formula is C9H14I2O4. The fraction of sp³-hybridized carbons (Fsp3) is 1.00. The number of aliphatic hydroxyl groups excluding tert-OH is 1. The summed E-state index contributed by atoms with van der Waals surface area (Å²) in [5, 5.41) is 9.49. The molecule has 0 radical (unpaired) electrons. The van der Waals surface area contributed by atoms with Gasteiger partial charge in [-0.15, -0.1) is 0 Å². The lowest BCUT2D eigenvalue weighted by Gasteiger charge is -2.32. The molecule has 5 atom stereocenters. The van der Waals surface area contributed by atoms with Crippen molar-refractivity contribution in [3.8, 4) is 0 Å². The van der Waals surface area contributed by atoms with Crippen LogP contribution in [0.4, 0.5) is 0 Å². The zero-order valence-electron chi connectivity index (χ0n) is 8.14. The number of hydrogen-bond donors (Lipinski definition) is 1. The van der Waals surface area contributed by atoms with Crippen molar-refractivity contribution >= 4 is 46.0 Å². The zero-order valence-corrected chi connectivity index (χ0v) is 12.5. The second kappa shape index (κ2) is 5.76. The first-order valence-electron chi connectivity index (χ1n) is 5.07. The molecular weight excluding hydrogens is 426 g/mol. The van der Waals surface area contributed by atoms with Gasteiger partial charge in [-0.1, -0.05) is 0 Å². The zero-order chi connectivity index (χ0) is 10.8. The maximum atomic E-state index is 9.49. The summed E-state index contributed by atoms with van der Waals surface area (Å²) in [5.74, 6) is 1.38. The maximum absolute atomic E-state index is 9.49. The molecule has 1 aliphatic heterocycles. The topological polar surface area (TPSA) is 47.9 Å². The van der Waals surface area contributed by atoms with Crippen LogP contribution in [0.25, 0.3) is 0 Å². The van der Waals surface area contributed by atoms with Crippen molar-refractivity contribution in [1.82, 2.24) is 0 Å². The molecule has 2 rings (SSSR count). The summed E-state index contributed by atoms with van der Waals surface area (Å²) in [4.78, 5) is 0. The average Bonchev–Trinajstić information content (AvgIpc) is 2.57. The van der Waals surface area contributed by atoms with Crippen LogP contribution in [-0.4, -0.2) is 30.7 Å². The van der Waals surface area contributed by atoms with E-state index in [9.17, 15) is 5.11 Å². The van der Waals surface area contributed by atoms with Crippen molar-refractivity contribution < 1.29 is 16.0 Å². The van der Waals surface area contributed by atoms with E-state index < -0.39 is 6.29 Å². The summed E-state index contributed by atoms with van der Waals surface area (Å²) >= 11 is 3.88. The minimum absolute atomic E-state index is 0.240. The fourth-order valence-electron chi connectivity index (χ4n) is 2.77. The van der Waals surface area contributed by atoms with Gasteiger partial charge >= 0.3 is 0 Å². The summed E-state index contributed by atoms with van der Waals surface area (Å²) in [7, 11) is 0. The van der Waals surface area contributed by atoms with Crippen molar-refractivity contribution in [3.63, 3.8) is 0 Å². The van der Waals surface area contributed by atoms with E-state index in [1.54, 1.807) is 0 Å². The molecule has 1 aliphatic carbocycles. The highest BCUT2D eigenvalue weighted by molar-refractivity contribution is 14.1. The third-order valence-corrected chi connectivity index (χ3v) is 4.53. The highest BCUT2D eigenvalue weighted by Crippen LogP contribution is 2.45. The number of ether oxygens (including phenoxy) is 1. The number of halogens is 2. The molecule has 0 spiro atoms. The molecule has 0 amide bonds. The Kier molecular flexibility index (Phi) is 4.90. The molecule has 1 saturated carbocycles. The Bertz CT molecular complexity index is 212. The van der Waals surface area contributed by atoms with Gasteiger partial charge in [0.05, 0.1) is 19.3 Å². The fourth-order valence-corrected chi connectivity index (χ4v) is 3.77. The van der Waals surface area contributed by atoms with Crippen LogP contribution in [0.2, 0.25) is 0 Å². The van der Waals surface area contributed by atoms with Crippen molar-refractivity contribution in [2.45, 2.75) is 25.2 Å². The van der Waals surface area contributed by atoms with Crippen molar-refractivity contribution in [1.29, 1.82) is 0 Å². The molecule has 1 N–H and O–H groups in total. The first kappa shape index (κ1) is 12.7. The molecule has 1 heterocycles. The molecule has 1 unspecified atom stereocenters. The van der Waals surface area contributed by atoms with Gasteiger partial charge in [-0.25, -0.2) is 0 Å². The molecule has 88 valence electrons. The van der Waals surface area contributed by atoms with Gasteiger partial charge < -0.3 is 16.0 Å². The van der Waals surface area contributed by atoms with Gasteiger partial charge in [0.1, 0.15) is 46.0 Å². The van der Waals surface area contributed by atoms with Crippen LogP contribution < -0.4 is 0 Å². The minimum atomic E-state index is -0.601. The summed E-state index contributed by atoms with van der Waals surface area (Å²) in [6.07, 6.45) is 1.37. The summed E-state index contributed by atoms with van der Waals surface area (Å²) in [6, 6.07) is 0. The van der Waals surface area contributed by atoms with Crippen molar-refractivity contribution in [2.24, 2.45) is 17.8 Å². The molecule has 0 aromatic heterocycles. The van der Waals surface area contributed by atoms with Crippen LogP contribution in [0.3, 0.4) is 0 Å².